The Balaban J connectivity index is 1.75. The molecule has 30 heavy (non-hydrogen) atoms. The second kappa shape index (κ2) is 7.77. The predicted molar refractivity (Wildman–Crippen MR) is 138 cm³/mol. The zero-order valence-electron chi connectivity index (χ0n) is 19.1. The second-order valence-corrected chi connectivity index (χ2v) is 12.5. The largest absolute Gasteiger partial charge is 0.228 e. The fourth-order valence-electron chi connectivity index (χ4n) is 3.78. The van der Waals surface area contributed by atoms with Crippen molar-refractivity contribution in [2.45, 2.75) is 77.7 Å². The van der Waals surface area contributed by atoms with Gasteiger partial charge in [0, 0.05) is 25.1 Å². The lowest BCUT2D eigenvalue weighted by molar-refractivity contribution is 0.517. The highest BCUT2D eigenvalue weighted by Gasteiger charge is 2.44. The first-order valence-corrected chi connectivity index (χ1v) is 13.2. The van der Waals surface area contributed by atoms with E-state index in [9.17, 15) is 0 Å². The van der Waals surface area contributed by atoms with E-state index in [-0.39, 0.29) is 16.4 Å². The molecule has 0 fully saturated rings. The van der Waals surface area contributed by atoms with Gasteiger partial charge in [-0.05, 0) is 60.4 Å². The Bertz CT molecular complexity index is 1050. The van der Waals surface area contributed by atoms with Crippen LogP contribution in [0.25, 0.3) is 11.1 Å². The molecule has 2 aromatic rings. The van der Waals surface area contributed by atoms with Crippen LogP contribution in [-0.2, 0) is 10.8 Å². The average Bonchev–Trinajstić information content (AvgIpc) is 3.46. The maximum absolute atomic E-state index is 4.85. The Hall–Kier alpha value is -1.14. The Morgan fingerprint density at radius 2 is 1.43 bits per heavy atom. The smallest absolute Gasteiger partial charge is 0.0969 e. The van der Waals surface area contributed by atoms with Crippen molar-refractivity contribution in [1.29, 1.82) is 0 Å². The van der Waals surface area contributed by atoms with Gasteiger partial charge in [-0.1, -0.05) is 53.7 Å². The molecule has 3 heterocycles. The molecule has 5 heteroatoms. The fourth-order valence-corrected chi connectivity index (χ4v) is 7.10. The topological polar surface area (TPSA) is 24.4 Å². The quantitative estimate of drug-likeness (QED) is 0.445. The maximum Gasteiger partial charge on any atom is 0.0969 e. The van der Waals surface area contributed by atoms with Crippen molar-refractivity contribution in [2.24, 2.45) is 4.40 Å². The molecule has 2 aliphatic rings. The summed E-state index contributed by atoms with van der Waals surface area (Å²) in [6.07, 6.45) is 6.87. The van der Waals surface area contributed by atoms with Crippen LogP contribution in [0.5, 0.6) is 0 Å². The first-order valence-electron chi connectivity index (χ1n) is 10.8. The zero-order valence-corrected chi connectivity index (χ0v) is 21.5. The summed E-state index contributed by atoms with van der Waals surface area (Å²) in [7, 11) is 0. The third kappa shape index (κ3) is 3.58. The summed E-state index contributed by atoms with van der Waals surface area (Å²) in [5.41, 5.74) is 3.90. The molecule has 0 spiro atoms. The van der Waals surface area contributed by atoms with Crippen molar-refractivity contribution in [3.05, 3.63) is 55.9 Å². The van der Waals surface area contributed by atoms with E-state index in [1.54, 1.807) is 0 Å². The van der Waals surface area contributed by atoms with Gasteiger partial charge in [0.1, 0.15) is 0 Å². The third-order valence-corrected chi connectivity index (χ3v) is 10.7. The number of hydrogen-bond acceptors (Lipinski definition) is 5. The van der Waals surface area contributed by atoms with Gasteiger partial charge in [-0.25, -0.2) is 9.12 Å². The van der Waals surface area contributed by atoms with Crippen molar-refractivity contribution in [3.8, 4) is 0 Å². The van der Waals surface area contributed by atoms with Crippen molar-refractivity contribution in [1.82, 2.24) is 4.72 Å². The number of nitrogens with zero attached hydrogens (tertiary/aromatic N) is 1. The minimum atomic E-state index is -0.266. The van der Waals surface area contributed by atoms with Crippen LogP contribution in [0, 0.1) is 0 Å². The Morgan fingerprint density at radius 3 is 2.03 bits per heavy atom. The Kier molecular flexibility index (Phi) is 5.72. The number of allylic oxidation sites excluding steroid dienone is 2. The molecule has 4 rings (SSSR count). The maximum atomic E-state index is 4.85. The highest BCUT2D eigenvalue weighted by molar-refractivity contribution is 7.96. The van der Waals surface area contributed by atoms with E-state index in [1.807, 2.05) is 22.7 Å². The van der Waals surface area contributed by atoms with Gasteiger partial charge in [-0.15, -0.1) is 22.7 Å². The van der Waals surface area contributed by atoms with Gasteiger partial charge in [-0.3, -0.25) is 0 Å². The summed E-state index contributed by atoms with van der Waals surface area (Å²) in [6.45, 7) is 16.1. The van der Waals surface area contributed by atoms with Crippen LogP contribution in [0.2, 0.25) is 0 Å². The van der Waals surface area contributed by atoms with E-state index >= 15 is 0 Å². The van der Waals surface area contributed by atoms with Gasteiger partial charge in [0.15, 0.2) is 0 Å². The van der Waals surface area contributed by atoms with E-state index in [0.717, 1.165) is 18.6 Å². The highest BCUT2D eigenvalue weighted by atomic mass is 32.2. The summed E-state index contributed by atoms with van der Waals surface area (Å²) in [4.78, 5) is 5.55. The van der Waals surface area contributed by atoms with E-state index in [2.05, 4.69) is 89.6 Å². The van der Waals surface area contributed by atoms with E-state index in [1.165, 1.54) is 42.8 Å². The lowest BCUT2D eigenvalue weighted by Crippen LogP contribution is -2.45. The normalized spacial score (nSPS) is 21.9. The van der Waals surface area contributed by atoms with Crippen molar-refractivity contribution >= 4 is 51.7 Å². The van der Waals surface area contributed by atoms with E-state index in [0.29, 0.717) is 0 Å². The molecule has 1 unspecified atom stereocenters. The van der Waals surface area contributed by atoms with Gasteiger partial charge < -0.3 is 0 Å². The Morgan fingerprint density at radius 1 is 0.867 bits per heavy atom. The van der Waals surface area contributed by atoms with Crippen LogP contribution in [0.4, 0.5) is 0 Å². The molecule has 0 radical (unpaired) electrons. The summed E-state index contributed by atoms with van der Waals surface area (Å²) in [5.74, 6) is 0. The molecule has 0 saturated carbocycles. The number of rotatable bonds is 6. The number of hydrogen-bond donors (Lipinski definition) is 1. The first kappa shape index (κ1) is 22.1. The zero-order chi connectivity index (χ0) is 21.7. The summed E-state index contributed by atoms with van der Waals surface area (Å²) in [6, 6.07) is 9.18. The molecule has 1 aliphatic heterocycles. The fraction of sp³-hybridized carbons (Fsp3) is 0.480. The summed E-state index contributed by atoms with van der Waals surface area (Å²) in [5, 5.41) is 0. The Labute approximate surface area is 193 Å². The van der Waals surface area contributed by atoms with Gasteiger partial charge in [0.05, 0.1) is 23.4 Å². The van der Waals surface area contributed by atoms with Crippen molar-refractivity contribution in [2.75, 3.05) is 0 Å². The average molecular weight is 457 g/mol. The molecule has 2 aromatic heterocycles. The monoisotopic (exact) mass is 456 g/mol. The van der Waals surface area contributed by atoms with Gasteiger partial charge in [0.25, 0.3) is 0 Å². The van der Waals surface area contributed by atoms with E-state index in [4.69, 9.17) is 4.40 Å². The van der Waals surface area contributed by atoms with Crippen LogP contribution >= 0.6 is 34.8 Å². The standard InChI is InChI=1S/C25H32N2S3/c1-8-23(3,4)20-14-12-18(28-20)16-10-11-17(25(7)22(16)26-30-27-25)19-13-15-21(29-19)24(5,6)9-2/h10-15,27H,8-9H2,1-7H3. The molecule has 0 saturated heterocycles. The number of fused-ring (bicyclic) bond motifs is 1. The minimum Gasteiger partial charge on any atom is -0.228 e. The summed E-state index contributed by atoms with van der Waals surface area (Å²) >= 11 is 5.31. The summed E-state index contributed by atoms with van der Waals surface area (Å²) < 4.78 is 8.46. The molecule has 0 aromatic carbocycles. The van der Waals surface area contributed by atoms with Crippen LogP contribution in [0.3, 0.4) is 0 Å². The van der Waals surface area contributed by atoms with Gasteiger partial charge >= 0.3 is 0 Å². The molecule has 1 atom stereocenters. The molecule has 1 N–H and O–H groups in total. The molecule has 160 valence electrons. The van der Waals surface area contributed by atoms with Gasteiger partial charge in [0.2, 0.25) is 0 Å². The number of thiophene rings is 2. The minimum absolute atomic E-state index is 0.215. The van der Waals surface area contributed by atoms with Gasteiger partial charge in [-0.2, -0.15) is 0 Å². The third-order valence-electron chi connectivity index (χ3n) is 6.92. The lowest BCUT2D eigenvalue weighted by Gasteiger charge is -2.32. The molecule has 2 nitrogen and oxygen atoms in total. The molecule has 1 aliphatic carbocycles. The predicted octanol–water partition coefficient (Wildman–Crippen LogP) is 8.03. The van der Waals surface area contributed by atoms with Crippen molar-refractivity contribution < 1.29 is 0 Å². The first-order chi connectivity index (χ1) is 14.1. The molecule has 0 bridgehead atoms. The molecular weight excluding hydrogens is 424 g/mol. The molecule has 0 amide bonds. The van der Waals surface area contributed by atoms with Crippen molar-refractivity contribution in [3.63, 3.8) is 0 Å². The van der Waals surface area contributed by atoms with E-state index < -0.39 is 0 Å². The SMILES string of the molecule is CCC(C)(C)c1ccc(C2=CC=C(c3ccc(C(C)(C)CC)s3)C3(C)NSN=C23)s1. The molecular formula is C25H32N2S3. The second-order valence-electron chi connectivity index (χ2n) is 9.72. The van der Waals surface area contributed by atoms with Crippen LogP contribution < -0.4 is 4.72 Å². The highest BCUT2D eigenvalue weighted by Crippen LogP contribution is 2.47. The lowest BCUT2D eigenvalue weighted by atomic mass is 9.79. The number of nitrogens with one attached hydrogen (secondary N) is 1. The van der Waals surface area contributed by atoms with Crippen LogP contribution in [-0.4, -0.2) is 11.3 Å². The van der Waals surface area contributed by atoms with Crippen LogP contribution in [0.1, 0.15) is 80.8 Å². The van der Waals surface area contributed by atoms with Crippen LogP contribution in [0.15, 0.2) is 40.8 Å².